The van der Waals surface area contributed by atoms with Crippen LogP contribution in [0.3, 0.4) is 0 Å². The Morgan fingerprint density at radius 2 is 1.56 bits per heavy atom. The maximum Gasteiger partial charge on any atom is 0.297 e. The molecule has 2 amide bonds. The Bertz CT molecular complexity index is 930. The predicted molar refractivity (Wildman–Crippen MR) is 90.9 cm³/mol. The van der Waals surface area contributed by atoms with E-state index in [9.17, 15) is 18.0 Å². The van der Waals surface area contributed by atoms with E-state index in [0.29, 0.717) is 16.7 Å². The van der Waals surface area contributed by atoms with E-state index >= 15 is 0 Å². The molecular formula is C18H17NO5S. The lowest BCUT2D eigenvalue weighted by Crippen LogP contribution is -2.33. The van der Waals surface area contributed by atoms with Crippen molar-refractivity contribution in [1.82, 2.24) is 4.90 Å². The molecule has 0 unspecified atom stereocenters. The van der Waals surface area contributed by atoms with E-state index in [4.69, 9.17) is 4.18 Å². The third kappa shape index (κ3) is 3.20. The molecule has 0 atom stereocenters. The zero-order chi connectivity index (χ0) is 18.2. The minimum atomic E-state index is -3.95. The molecule has 2 aromatic rings. The van der Waals surface area contributed by atoms with Crippen LogP contribution in [0.25, 0.3) is 0 Å². The van der Waals surface area contributed by atoms with Crippen LogP contribution in [0.5, 0.6) is 0 Å². The van der Waals surface area contributed by atoms with Crippen LogP contribution in [0, 0.1) is 13.8 Å². The van der Waals surface area contributed by atoms with Crippen LogP contribution in [0.1, 0.15) is 31.8 Å². The van der Waals surface area contributed by atoms with Crippen molar-refractivity contribution in [1.29, 1.82) is 0 Å². The smallest absolute Gasteiger partial charge is 0.272 e. The van der Waals surface area contributed by atoms with Crippen molar-refractivity contribution >= 4 is 21.9 Å². The lowest BCUT2D eigenvalue weighted by atomic mass is 10.1. The second-order valence-electron chi connectivity index (χ2n) is 5.85. The fourth-order valence-corrected chi connectivity index (χ4v) is 3.93. The molecule has 0 saturated carbocycles. The van der Waals surface area contributed by atoms with Gasteiger partial charge in [0.25, 0.3) is 21.9 Å². The summed E-state index contributed by atoms with van der Waals surface area (Å²) >= 11 is 0. The number of carbonyl (C=O) groups is 2. The zero-order valence-corrected chi connectivity index (χ0v) is 14.7. The van der Waals surface area contributed by atoms with Crippen LogP contribution in [0.2, 0.25) is 0 Å². The van der Waals surface area contributed by atoms with Crippen LogP contribution in [-0.2, 0) is 14.3 Å². The largest absolute Gasteiger partial charge is 0.297 e. The molecule has 2 aromatic carbocycles. The maximum absolute atomic E-state index is 12.3. The Kier molecular flexibility index (Phi) is 4.45. The van der Waals surface area contributed by atoms with Crippen LogP contribution >= 0.6 is 0 Å². The SMILES string of the molecule is Cc1ccc(S(=O)(=O)OCCN2C(=O)c3ccccc3C2=O)c(C)c1. The summed E-state index contributed by atoms with van der Waals surface area (Å²) in [5.41, 5.74) is 2.18. The third-order valence-corrected chi connectivity index (χ3v) is 5.51. The minimum absolute atomic E-state index is 0.0838. The van der Waals surface area contributed by atoms with Gasteiger partial charge in [-0.1, -0.05) is 29.8 Å². The van der Waals surface area contributed by atoms with E-state index in [1.54, 1.807) is 43.3 Å². The average molecular weight is 359 g/mol. The van der Waals surface area contributed by atoms with E-state index in [-0.39, 0.29) is 18.0 Å². The summed E-state index contributed by atoms with van der Waals surface area (Å²) in [5, 5.41) is 0. The van der Waals surface area contributed by atoms with Gasteiger partial charge in [-0.25, -0.2) is 0 Å². The van der Waals surface area contributed by atoms with Gasteiger partial charge in [-0.3, -0.25) is 18.7 Å². The number of rotatable bonds is 5. The molecule has 0 aromatic heterocycles. The molecule has 6 nitrogen and oxygen atoms in total. The van der Waals surface area contributed by atoms with Crippen molar-refractivity contribution < 1.29 is 22.2 Å². The Hall–Kier alpha value is -2.51. The Labute approximate surface area is 146 Å². The molecule has 25 heavy (non-hydrogen) atoms. The highest BCUT2D eigenvalue weighted by Crippen LogP contribution is 2.23. The molecule has 0 aliphatic carbocycles. The van der Waals surface area contributed by atoms with Crippen molar-refractivity contribution in [3.05, 3.63) is 64.7 Å². The van der Waals surface area contributed by atoms with Crippen LogP contribution in [0.4, 0.5) is 0 Å². The first-order chi connectivity index (χ1) is 11.8. The van der Waals surface area contributed by atoms with Gasteiger partial charge in [0.1, 0.15) is 0 Å². The number of benzene rings is 2. The number of hydrogen-bond acceptors (Lipinski definition) is 5. The molecule has 130 valence electrons. The van der Waals surface area contributed by atoms with Crippen molar-refractivity contribution in [2.75, 3.05) is 13.2 Å². The molecule has 0 radical (unpaired) electrons. The number of hydrogen-bond donors (Lipinski definition) is 0. The summed E-state index contributed by atoms with van der Waals surface area (Å²) in [6, 6.07) is 11.4. The highest BCUT2D eigenvalue weighted by atomic mass is 32.2. The number of fused-ring (bicyclic) bond motifs is 1. The summed E-state index contributed by atoms with van der Waals surface area (Å²) in [4.78, 5) is 25.5. The topological polar surface area (TPSA) is 80.8 Å². The lowest BCUT2D eigenvalue weighted by Gasteiger charge is -2.14. The summed E-state index contributed by atoms with van der Waals surface area (Å²) in [6.45, 7) is 3.14. The van der Waals surface area contributed by atoms with Gasteiger partial charge in [0.15, 0.2) is 0 Å². The maximum atomic E-state index is 12.3. The Morgan fingerprint density at radius 3 is 2.12 bits per heavy atom. The quantitative estimate of drug-likeness (QED) is 0.604. The van der Waals surface area contributed by atoms with Crippen LogP contribution in [-0.4, -0.2) is 38.3 Å². The predicted octanol–water partition coefficient (Wildman–Crippen LogP) is 2.30. The first kappa shape index (κ1) is 17.3. The highest BCUT2D eigenvalue weighted by molar-refractivity contribution is 7.86. The number of nitrogens with zero attached hydrogens (tertiary/aromatic N) is 1. The van der Waals surface area contributed by atoms with Gasteiger partial charge in [-0.2, -0.15) is 8.42 Å². The van der Waals surface area contributed by atoms with E-state index in [1.165, 1.54) is 6.07 Å². The summed E-state index contributed by atoms with van der Waals surface area (Å²) in [5.74, 6) is -0.874. The number of carbonyl (C=O) groups excluding carboxylic acids is 2. The van der Waals surface area contributed by atoms with Crippen LogP contribution < -0.4 is 0 Å². The molecule has 0 bridgehead atoms. The number of imide groups is 1. The fourth-order valence-electron chi connectivity index (χ4n) is 2.82. The van der Waals surface area contributed by atoms with Gasteiger partial charge < -0.3 is 0 Å². The second-order valence-corrected chi connectivity index (χ2v) is 7.44. The molecule has 1 aliphatic rings. The first-order valence-corrected chi connectivity index (χ1v) is 9.14. The molecule has 0 spiro atoms. The average Bonchev–Trinajstić information content (AvgIpc) is 2.80. The highest BCUT2D eigenvalue weighted by Gasteiger charge is 2.35. The van der Waals surface area contributed by atoms with E-state index in [1.807, 2.05) is 6.92 Å². The van der Waals surface area contributed by atoms with E-state index in [0.717, 1.165) is 10.5 Å². The van der Waals surface area contributed by atoms with Gasteiger partial charge in [0.2, 0.25) is 0 Å². The van der Waals surface area contributed by atoms with Crippen molar-refractivity contribution in [3.63, 3.8) is 0 Å². The molecule has 7 heteroatoms. The summed E-state index contributed by atoms with van der Waals surface area (Å²) in [7, 11) is -3.95. The zero-order valence-electron chi connectivity index (χ0n) is 13.9. The molecule has 0 fully saturated rings. The molecule has 0 N–H and O–H groups in total. The molecule has 1 heterocycles. The lowest BCUT2D eigenvalue weighted by molar-refractivity contribution is 0.0632. The molecule has 1 aliphatic heterocycles. The van der Waals surface area contributed by atoms with Crippen molar-refractivity contribution in [2.45, 2.75) is 18.7 Å². The standard InChI is InChI=1S/C18H17NO5S/c1-12-7-8-16(13(2)11-12)25(22,23)24-10-9-19-17(20)14-5-3-4-6-15(14)18(19)21/h3-8,11H,9-10H2,1-2H3. The third-order valence-electron chi connectivity index (χ3n) is 4.03. The molecular weight excluding hydrogens is 342 g/mol. The van der Waals surface area contributed by atoms with Gasteiger partial charge in [0, 0.05) is 0 Å². The minimum Gasteiger partial charge on any atom is -0.272 e. The normalized spacial score (nSPS) is 14.1. The molecule has 3 rings (SSSR count). The Morgan fingerprint density at radius 1 is 0.960 bits per heavy atom. The fraction of sp³-hybridized carbons (Fsp3) is 0.222. The van der Waals surface area contributed by atoms with Crippen molar-refractivity contribution in [2.24, 2.45) is 0 Å². The summed E-state index contributed by atoms with van der Waals surface area (Å²) in [6.07, 6.45) is 0. The van der Waals surface area contributed by atoms with Crippen LogP contribution in [0.15, 0.2) is 47.4 Å². The first-order valence-electron chi connectivity index (χ1n) is 7.73. The van der Waals surface area contributed by atoms with Crippen molar-refractivity contribution in [3.8, 4) is 0 Å². The van der Waals surface area contributed by atoms with E-state index < -0.39 is 21.9 Å². The number of aryl methyl sites for hydroxylation is 2. The second kappa shape index (κ2) is 6.42. The van der Waals surface area contributed by atoms with Gasteiger partial charge in [-0.05, 0) is 37.6 Å². The molecule has 0 saturated heterocycles. The monoisotopic (exact) mass is 359 g/mol. The van der Waals surface area contributed by atoms with Gasteiger partial charge in [0.05, 0.1) is 29.2 Å². The number of amides is 2. The Balaban J connectivity index is 1.69. The summed E-state index contributed by atoms with van der Waals surface area (Å²) < 4.78 is 29.6. The van der Waals surface area contributed by atoms with Gasteiger partial charge >= 0.3 is 0 Å². The van der Waals surface area contributed by atoms with Gasteiger partial charge in [-0.15, -0.1) is 0 Å². The van der Waals surface area contributed by atoms with E-state index in [2.05, 4.69) is 0 Å².